The molecule has 4 nitrogen and oxygen atoms in total. The number of nitrogens with two attached hydrogens (primary N) is 1. The predicted molar refractivity (Wildman–Crippen MR) is 80.2 cm³/mol. The normalized spacial score (nSPS) is 11.6. The first-order chi connectivity index (χ1) is 8.89. The van der Waals surface area contributed by atoms with Crippen molar-refractivity contribution < 1.29 is 4.74 Å². The van der Waals surface area contributed by atoms with Crippen molar-refractivity contribution in [2.75, 3.05) is 7.11 Å². The molecule has 0 atom stereocenters. The van der Waals surface area contributed by atoms with Gasteiger partial charge < -0.3 is 15.5 Å². The van der Waals surface area contributed by atoms with Crippen LogP contribution in [0.4, 0.5) is 0 Å². The number of ether oxygens (including phenoxy) is 1. The molecule has 0 saturated carbocycles. The van der Waals surface area contributed by atoms with Crippen LogP contribution in [0.15, 0.2) is 28.9 Å². The van der Waals surface area contributed by atoms with Gasteiger partial charge >= 0.3 is 0 Å². The standard InChI is InChI=1S/C14H18BrN3O/c1-14(2,16)7-13-17-8-11(18-13)9-4-5-12(19-3)10(15)6-9/h4-6,8H,7,16H2,1-3H3,(H,17,18). The van der Waals surface area contributed by atoms with Gasteiger partial charge in [-0.15, -0.1) is 0 Å². The van der Waals surface area contributed by atoms with Gasteiger partial charge in [0.2, 0.25) is 0 Å². The maximum absolute atomic E-state index is 5.99. The van der Waals surface area contributed by atoms with Crippen LogP contribution in [0, 0.1) is 0 Å². The maximum atomic E-state index is 5.99. The van der Waals surface area contributed by atoms with Crippen LogP contribution in [-0.4, -0.2) is 22.6 Å². The van der Waals surface area contributed by atoms with Crippen LogP contribution >= 0.6 is 15.9 Å². The van der Waals surface area contributed by atoms with Gasteiger partial charge in [-0.2, -0.15) is 0 Å². The van der Waals surface area contributed by atoms with Gasteiger partial charge in [0.1, 0.15) is 11.6 Å². The van der Waals surface area contributed by atoms with Crippen molar-refractivity contribution in [1.29, 1.82) is 0 Å². The Morgan fingerprint density at radius 3 is 2.74 bits per heavy atom. The maximum Gasteiger partial charge on any atom is 0.133 e. The Hall–Kier alpha value is -1.33. The minimum absolute atomic E-state index is 0.268. The van der Waals surface area contributed by atoms with E-state index in [1.54, 1.807) is 7.11 Å². The third kappa shape index (κ3) is 3.58. The van der Waals surface area contributed by atoms with Gasteiger partial charge in [0.15, 0.2) is 0 Å². The first-order valence-electron chi connectivity index (χ1n) is 6.06. The lowest BCUT2D eigenvalue weighted by Crippen LogP contribution is -2.34. The summed E-state index contributed by atoms with van der Waals surface area (Å²) in [6.07, 6.45) is 2.54. The largest absolute Gasteiger partial charge is 0.496 e. The topological polar surface area (TPSA) is 63.9 Å². The van der Waals surface area contributed by atoms with E-state index in [9.17, 15) is 0 Å². The SMILES string of the molecule is COc1ccc(-c2cnc(CC(C)(C)N)[nH]2)cc1Br. The van der Waals surface area contributed by atoms with E-state index in [2.05, 4.69) is 25.9 Å². The van der Waals surface area contributed by atoms with Crippen LogP contribution in [0.2, 0.25) is 0 Å². The summed E-state index contributed by atoms with van der Waals surface area (Å²) >= 11 is 3.48. The molecular weight excluding hydrogens is 306 g/mol. The van der Waals surface area contributed by atoms with Crippen LogP contribution in [-0.2, 0) is 6.42 Å². The molecule has 0 radical (unpaired) electrons. The highest BCUT2D eigenvalue weighted by Gasteiger charge is 2.14. The molecule has 102 valence electrons. The van der Waals surface area contributed by atoms with E-state index in [4.69, 9.17) is 10.5 Å². The number of hydrogen-bond acceptors (Lipinski definition) is 3. The molecule has 3 N–H and O–H groups in total. The zero-order valence-electron chi connectivity index (χ0n) is 11.3. The number of nitrogens with one attached hydrogen (secondary N) is 1. The second-order valence-corrected chi connectivity index (χ2v) is 6.11. The van der Waals surface area contributed by atoms with Gasteiger partial charge in [-0.3, -0.25) is 0 Å². The Kier molecular flexibility index (Phi) is 3.96. The van der Waals surface area contributed by atoms with Crippen molar-refractivity contribution in [3.8, 4) is 17.0 Å². The second kappa shape index (κ2) is 5.35. The second-order valence-electron chi connectivity index (χ2n) is 5.26. The molecule has 2 aromatic rings. The lowest BCUT2D eigenvalue weighted by atomic mass is 10.0. The number of methoxy groups -OCH3 is 1. The van der Waals surface area contributed by atoms with Gasteiger partial charge in [0, 0.05) is 17.5 Å². The molecule has 2 rings (SSSR count). The summed E-state index contributed by atoms with van der Waals surface area (Å²) < 4.78 is 6.14. The van der Waals surface area contributed by atoms with Crippen LogP contribution in [0.5, 0.6) is 5.75 Å². The van der Waals surface area contributed by atoms with Crippen molar-refractivity contribution >= 4 is 15.9 Å². The summed E-state index contributed by atoms with van der Waals surface area (Å²) in [6, 6.07) is 5.92. The average molecular weight is 324 g/mol. The summed E-state index contributed by atoms with van der Waals surface area (Å²) in [4.78, 5) is 7.67. The van der Waals surface area contributed by atoms with Crippen LogP contribution in [0.25, 0.3) is 11.3 Å². The lowest BCUT2D eigenvalue weighted by Gasteiger charge is -2.15. The molecule has 1 aromatic heterocycles. The summed E-state index contributed by atoms with van der Waals surface area (Å²) in [5, 5.41) is 0. The van der Waals surface area contributed by atoms with Gasteiger partial charge in [0.05, 0.1) is 23.5 Å². The fourth-order valence-corrected chi connectivity index (χ4v) is 2.41. The number of imidazole rings is 1. The predicted octanol–water partition coefficient (Wildman–Crippen LogP) is 3.13. The fourth-order valence-electron chi connectivity index (χ4n) is 1.86. The highest BCUT2D eigenvalue weighted by Crippen LogP contribution is 2.29. The Morgan fingerprint density at radius 1 is 1.42 bits per heavy atom. The molecule has 0 fully saturated rings. The van der Waals surface area contributed by atoms with Gasteiger partial charge in [-0.25, -0.2) is 4.98 Å². The fraction of sp³-hybridized carbons (Fsp3) is 0.357. The number of aromatic nitrogens is 2. The zero-order chi connectivity index (χ0) is 14.0. The minimum Gasteiger partial charge on any atom is -0.496 e. The third-order valence-corrected chi connectivity index (χ3v) is 3.33. The summed E-state index contributed by atoms with van der Waals surface area (Å²) in [5.74, 6) is 1.71. The summed E-state index contributed by atoms with van der Waals surface area (Å²) in [5.41, 5.74) is 7.76. The highest BCUT2D eigenvalue weighted by atomic mass is 79.9. The molecule has 19 heavy (non-hydrogen) atoms. The number of benzene rings is 1. The molecule has 0 aliphatic heterocycles. The van der Waals surface area contributed by atoms with E-state index in [1.165, 1.54) is 0 Å². The molecule has 0 unspecified atom stereocenters. The van der Waals surface area contributed by atoms with Crippen LogP contribution in [0.1, 0.15) is 19.7 Å². The molecule has 1 aromatic carbocycles. The van der Waals surface area contributed by atoms with E-state index < -0.39 is 0 Å². The molecule has 0 saturated heterocycles. The number of rotatable bonds is 4. The van der Waals surface area contributed by atoms with Crippen molar-refractivity contribution in [3.05, 3.63) is 34.7 Å². The first kappa shape index (κ1) is 14.1. The minimum atomic E-state index is -0.268. The molecule has 0 spiro atoms. The summed E-state index contributed by atoms with van der Waals surface area (Å²) in [7, 11) is 1.65. The third-order valence-electron chi connectivity index (χ3n) is 2.71. The van der Waals surface area contributed by atoms with Gasteiger partial charge in [-0.1, -0.05) is 0 Å². The zero-order valence-corrected chi connectivity index (χ0v) is 12.9. The van der Waals surface area contributed by atoms with Crippen LogP contribution < -0.4 is 10.5 Å². The Morgan fingerprint density at radius 2 is 2.16 bits per heavy atom. The highest BCUT2D eigenvalue weighted by molar-refractivity contribution is 9.10. The molecule has 0 bridgehead atoms. The van der Waals surface area contributed by atoms with E-state index in [0.29, 0.717) is 6.42 Å². The van der Waals surface area contributed by atoms with E-state index >= 15 is 0 Å². The average Bonchev–Trinajstić information content (AvgIpc) is 2.75. The van der Waals surface area contributed by atoms with Crippen molar-refractivity contribution in [2.24, 2.45) is 5.73 Å². The molecule has 1 heterocycles. The monoisotopic (exact) mass is 323 g/mol. The van der Waals surface area contributed by atoms with E-state index in [1.807, 2.05) is 38.2 Å². The lowest BCUT2D eigenvalue weighted by molar-refractivity contribution is 0.412. The van der Waals surface area contributed by atoms with E-state index in [0.717, 1.165) is 27.3 Å². The van der Waals surface area contributed by atoms with Crippen molar-refractivity contribution in [1.82, 2.24) is 9.97 Å². The number of halogens is 1. The van der Waals surface area contributed by atoms with Crippen molar-refractivity contribution in [2.45, 2.75) is 25.8 Å². The Labute approximate surface area is 121 Å². The molecular formula is C14H18BrN3O. The smallest absolute Gasteiger partial charge is 0.133 e. The number of hydrogen-bond donors (Lipinski definition) is 2. The Bertz CT molecular complexity index is 572. The van der Waals surface area contributed by atoms with Gasteiger partial charge in [0.25, 0.3) is 0 Å². The Balaban J connectivity index is 2.25. The van der Waals surface area contributed by atoms with Crippen LogP contribution in [0.3, 0.4) is 0 Å². The first-order valence-corrected chi connectivity index (χ1v) is 6.85. The molecule has 0 amide bonds. The van der Waals surface area contributed by atoms with Gasteiger partial charge in [-0.05, 0) is 48.0 Å². The van der Waals surface area contributed by atoms with E-state index in [-0.39, 0.29) is 5.54 Å². The quantitative estimate of drug-likeness (QED) is 0.908. The molecule has 5 heteroatoms. The number of H-pyrrole nitrogens is 1. The number of aromatic amines is 1. The molecule has 0 aliphatic rings. The van der Waals surface area contributed by atoms with Crippen molar-refractivity contribution in [3.63, 3.8) is 0 Å². The summed E-state index contributed by atoms with van der Waals surface area (Å²) in [6.45, 7) is 3.97. The number of nitrogens with zero attached hydrogens (tertiary/aromatic N) is 1. The molecule has 0 aliphatic carbocycles.